The zero-order valence-electron chi connectivity index (χ0n) is 13.3. The maximum atomic E-state index is 10.7. The lowest BCUT2D eigenvalue weighted by molar-refractivity contribution is -0.384. The van der Waals surface area contributed by atoms with E-state index in [-0.39, 0.29) is 12.5 Å². The van der Waals surface area contributed by atoms with E-state index in [1.54, 1.807) is 12.1 Å². The molecule has 0 aliphatic carbocycles. The number of hydrogen-bond donors (Lipinski definition) is 0. The van der Waals surface area contributed by atoms with E-state index in [9.17, 15) is 10.1 Å². The molecule has 1 aliphatic rings. The summed E-state index contributed by atoms with van der Waals surface area (Å²) < 4.78 is 16.3. The molecule has 0 amide bonds. The predicted octanol–water partition coefficient (Wildman–Crippen LogP) is 2.83. The van der Waals surface area contributed by atoms with Crippen LogP contribution in [0.1, 0.15) is 5.56 Å². The lowest BCUT2D eigenvalue weighted by Gasteiger charge is -2.17. The highest BCUT2D eigenvalue weighted by Gasteiger charge is 2.13. The van der Waals surface area contributed by atoms with Gasteiger partial charge in [0.15, 0.2) is 11.5 Å². The minimum Gasteiger partial charge on any atom is -0.492 e. The molecule has 24 heavy (non-hydrogen) atoms. The normalized spacial score (nSPS) is 12.4. The van der Waals surface area contributed by atoms with Crippen LogP contribution in [-0.2, 0) is 6.54 Å². The summed E-state index contributed by atoms with van der Waals surface area (Å²) in [6, 6.07) is 12.1. The second-order valence-corrected chi connectivity index (χ2v) is 5.53. The SMILES string of the molecule is CN(CCOc1cccc([N+](=O)[O-])c1)Cc1ccc2c(c1)OCO2. The van der Waals surface area contributed by atoms with Crippen molar-refractivity contribution < 1.29 is 19.1 Å². The summed E-state index contributed by atoms with van der Waals surface area (Å²) in [6.45, 7) is 2.15. The van der Waals surface area contributed by atoms with Gasteiger partial charge in [-0.3, -0.25) is 15.0 Å². The number of likely N-dealkylation sites (N-methyl/N-ethyl adjacent to an activating group) is 1. The number of non-ortho nitro benzene ring substituents is 1. The molecule has 2 aromatic carbocycles. The van der Waals surface area contributed by atoms with E-state index in [0.717, 1.165) is 23.6 Å². The van der Waals surface area contributed by atoms with Crippen molar-refractivity contribution in [1.29, 1.82) is 0 Å². The smallest absolute Gasteiger partial charge is 0.273 e. The van der Waals surface area contributed by atoms with Gasteiger partial charge >= 0.3 is 0 Å². The van der Waals surface area contributed by atoms with Gasteiger partial charge in [0, 0.05) is 19.2 Å². The van der Waals surface area contributed by atoms with E-state index in [4.69, 9.17) is 14.2 Å². The number of hydrogen-bond acceptors (Lipinski definition) is 6. The van der Waals surface area contributed by atoms with Gasteiger partial charge in [-0.25, -0.2) is 0 Å². The Morgan fingerprint density at radius 3 is 2.88 bits per heavy atom. The van der Waals surface area contributed by atoms with Crippen LogP contribution >= 0.6 is 0 Å². The lowest BCUT2D eigenvalue weighted by atomic mass is 10.2. The van der Waals surface area contributed by atoms with Gasteiger partial charge in [0.1, 0.15) is 12.4 Å². The largest absolute Gasteiger partial charge is 0.492 e. The summed E-state index contributed by atoms with van der Waals surface area (Å²) in [5.74, 6) is 2.05. The molecule has 0 atom stereocenters. The number of ether oxygens (including phenoxy) is 3. The minimum absolute atomic E-state index is 0.0289. The molecule has 0 aromatic heterocycles. The number of nitro benzene ring substituents is 1. The zero-order valence-corrected chi connectivity index (χ0v) is 13.3. The first kappa shape index (κ1) is 16.1. The first-order valence-electron chi connectivity index (χ1n) is 7.56. The summed E-state index contributed by atoms with van der Waals surface area (Å²) in [6.07, 6.45) is 0. The summed E-state index contributed by atoms with van der Waals surface area (Å²) in [5.41, 5.74) is 1.15. The van der Waals surface area contributed by atoms with Crippen LogP contribution in [0, 0.1) is 10.1 Å². The molecule has 0 radical (unpaired) electrons. The van der Waals surface area contributed by atoms with Gasteiger partial charge in [0.25, 0.3) is 5.69 Å². The fraction of sp³-hybridized carbons (Fsp3) is 0.294. The Hall–Kier alpha value is -2.80. The molecule has 1 aliphatic heterocycles. The number of nitrogens with zero attached hydrogens (tertiary/aromatic N) is 2. The van der Waals surface area contributed by atoms with Crippen LogP contribution in [0.3, 0.4) is 0 Å². The highest BCUT2D eigenvalue weighted by molar-refractivity contribution is 5.44. The van der Waals surface area contributed by atoms with Gasteiger partial charge in [0.2, 0.25) is 6.79 Å². The Balaban J connectivity index is 1.48. The number of rotatable bonds is 7. The van der Waals surface area contributed by atoms with Crippen LogP contribution in [0.15, 0.2) is 42.5 Å². The van der Waals surface area contributed by atoms with E-state index in [1.807, 2.05) is 25.2 Å². The van der Waals surface area contributed by atoms with Crippen molar-refractivity contribution in [3.63, 3.8) is 0 Å². The Bertz CT molecular complexity index is 735. The van der Waals surface area contributed by atoms with Gasteiger partial charge in [-0.2, -0.15) is 0 Å². The highest BCUT2D eigenvalue weighted by Crippen LogP contribution is 2.32. The van der Waals surface area contributed by atoms with E-state index in [2.05, 4.69) is 4.90 Å². The maximum Gasteiger partial charge on any atom is 0.273 e. The molecule has 0 saturated carbocycles. The van der Waals surface area contributed by atoms with Crippen LogP contribution in [0.5, 0.6) is 17.2 Å². The van der Waals surface area contributed by atoms with Crippen molar-refractivity contribution in [2.45, 2.75) is 6.54 Å². The first-order valence-corrected chi connectivity index (χ1v) is 7.56. The van der Waals surface area contributed by atoms with E-state index in [0.29, 0.717) is 18.9 Å². The van der Waals surface area contributed by atoms with Crippen LogP contribution in [0.4, 0.5) is 5.69 Å². The fourth-order valence-corrected chi connectivity index (χ4v) is 2.44. The quantitative estimate of drug-likeness (QED) is 0.574. The standard InChI is InChI=1S/C17H18N2O5/c1-18(11-13-5-6-16-17(9-13)24-12-23-16)7-8-22-15-4-2-3-14(10-15)19(20)21/h2-6,9-10H,7-8,11-12H2,1H3. The Kier molecular flexibility index (Phi) is 4.81. The molecule has 1 heterocycles. The van der Waals surface area contributed by atoms with Gasteiger partial charge < -0.3 is 14.2 Å². The van der Waals surface area contributed by atoms with Crippen LogP contribution in [-0.4, -0.2) is 36.8 Å². The summed E-state index contributed by atoms with van der Waals surface area (Å²) in [4.78, 5) is 12.4. The molecule has 0 unspecified atom stereocenters. The topological polar surface area (TPSA) is 74.1 Å². The van der Waals surface area contributed by atoms with Crippen LogP contribution in [0.25, 0.3) is 0 Å². The molecule has 0 spiro atoms. The van der Waals surface area contributed by atoms with Crippen molar-refractivity contribution in [3.8, 4) is 17.2 Å². The predicted molar refractivity (Wildman–Crippen MR) is 87.5 cm³/mol. The summed E-state index contributed by atoms with van der Waals surface area (Å²) in [5, 5.41) is 10.7. The summed E-state index contributed by atoms with van der Waals surface area (Å²) >= 11 is 0. The minimum atomic E-state index is -0.432. The van der Waals surface area contributed by atoms with Crippen molar-refractivity contribution in [2.24, 2.45) is 0 Å². The zero-order chi connectivity index (χ0) is 16.9. The third kappa shape index (κ3) is 3.94. The van der Waals surface area contributed by atoms with Gasteiger partial charge in [-0.05, 0) is 30.8 Å². The van der Waals surface area contributed by atoms with Gasteiger partial charge in [0.05, 0.1) is 11.0 Å². The van der Waals surface area contributed by atoms with Gasteiger partial charge in [-0.15, -0.1) is 0 Å². The highest BCUT2D eigenvalue weighted by atomic mass is 16.7. The molecule has 3 rings (SSSR count). The second-order valence-electron chi connectivity index (χ2n) is 5.53. The van der Waals surface area contributed by atoms with Crippen LogP contribution < -0.4 is 14.2 Å². The molecule has 7 nitrogen and oxygen atoms in total. The molecule has 0 bridgehead atoms. The number of benzene rings is 2. The molecule has 7 heteroatoms. The third-order valence-electron chi connectivity index (χ3n) is 3.66. The molecular weight excluding hydrogens is 312 g/mol. The number of fused-ring (bicyclic) bond motifs is 1. The average molecular weight is 330 g/mol. The van der Waals surface area contributed by atoms with E-state index in [1.165, 1.54) is 12.1 Å². The maximum absolute atomic E-state index is 10.7. The molecule has 126 valence electrons. The van der Waals surface area contributed by atoms with Crippen molar-refractivity contribution in [1.82, 2.24) is 4.90 Å². The average Bonchev–Trinajstić information content (AvgIpc) is 3.03. The third-order valence-corrected chi connectivity index (χ3v) is 3.66. The molecule has 2 aromatic rings. The van der Waals surface area contributed by atoms with Crippen molar-refractivity contribution >= 4 is 5.69 Å². The van der Waals surface area contributed by atoms with E-state index < -0.39 is 4.92 Å². The number of nitro groups is 1. The monoisotopic (exact) mass is 330 g/mol. The first-order chi connectivity index (χ1) is 11.6. The molecule has 0 N–H and O–H groups in total. The fourth-order valence-electron chi connectivity index (χ4n) is 2.44. The Morgan fingerprint density at radius 2 is 2.04 bits per heavy atom. The molecular formula is C17H18N2O5. The molecule has 0 saturated heterocycles. The lowest BCUT2D eigenvalue weighted by Crippen LogP contribution is -2.23. The van der Waals surface area contributed by atoms with Gasteiger partial charge in [-0.1, -0.05) is 12.1 Å². The summed E-state index contributed by atoms with van der Waals surface area (Å²) in [7, 11) is 1.99. The van der Waals surface area contributed by atoms with Crippen molar-refractivity contribution in [2.75, 3.05) is 27.0 Å². The molecule has 0 fully saturated rings. The second kappa shape index (κ2) is 7.18. The van der Waals surface area contributed by atoms with E-state index >= 15 is 0 Å². The van der Waals surface area contributed by atoms with Crippen molar-refractivity contribution in [3.05, 3.63) is 58.1 Å². The Morgan fingerprint density at radius 1 is 1.21 bits per heavy atom. The van der Waals surface area contributed by atoms with Crippen LogP contribution in [0.2, 0.25) is 0 Å². The Labute approximate surface area is 139 Å².